The molecule has 27 heavy (non-hydrogen) atoms. The van der Waals surface area contributed by atoms with Gasteiger partial charge >= 0.3 is 5.63 Å². The molecule has 3 rings (SSSR count). The van der Waals surface area contributed by atoms with Crippen LogP contribution in [0.4, 0.5) is 0 Å². The average molecular weight is 383 g/mol. The molecule has 2 aromatic heterocycles. The second-order valence-corrected chi connectivity index (χ2v) is 7.99. The van der Waals surface area contributed by atoms with Crippen LogP contribution >= 0.6 is 11.3 Å². The van der Waals surface area contributed by atoms with Crippen molar-refractivity contribution in [2.24, 2.45) is 0 Å². The quantitative estimate of drug-likeness (QED) is 0.546. The first kappa shape index (κ1) is 19.4. The van der Waals surface area contributed by atoms with Crippen molar-refractivity contribution in [1.29, 1.82) is 0 Å². The van der Waals surface area contributed by atoms with Crippen LogP contribution in [0.2, 0.25) is 0 Å². The SMILES string of the molecule is CCC(Cc1ccc(C)cc1)c1cc(O)c(C(CC)c2cccs2)c(=O)o1. The number of benzene rings is 1. The maximum absolute atomic E-state index is 12.8. The van der Waals surface area contributed by atoms with Crippen molar-refractivity contribution in [3.8, 4) is 5.75 Å². The van der Waals surface area contributed by atoms with Gasteiger partial charge in [0.05, 0.1) is 5.56 Å². The van der Waals surface area contributed by atoms with Gasteiger partial charge in [0.2, 0.25) is 0 Å². The highest BCUT2D eigenvalue weighted by atomic mass is 32.1. The first-order chi connectivity index (χ1) is 13.0. The summed E-state index contributed by atoms with van der Waals surface area (Å²) in [5, 5.41) is 12.6. The Bertz CT molecular complexity index is 923. The molecule has 2 atom stereocenters. The first-order valence-electron chi connectivity index (χ1n) is 9.49. The van der Waals surface area contributed by atoms with E-state index in [1.165, 1.54) is 11.1 Å². The highest BCUT2D eigenvalue weighted by molar-refractivity contribution is 7.10. The minimum Gasteiger partial charge on any atom is -0.507 e. The molecule has 142 valence electrons. The molecule has 0 radical (unpaired) electrons. The van der Waals surface area contributed by atoms with Crippen molar-refractivity contribution in [2.45, 2.75) is 51.9 Å². The van der Waals surface area contributed by atoms with Crippen LogP contribution in [0.3, 0.4) is 0 Å². The Morgan fingerprint density at radius 3 is 2.41 bits per heavy atom. The molecule has 0 saturated carbocycles. The predicted molar refractivity (Wildman–Crippen MR) is 111 cm³/mol. The Balaban J connectivity index is 1.92. The van der Waals surface area contributed by atoms with Gasteiger partial charge < -0.3 is 9.52 Å². The van der Waals surface area contributed by atoms with Crippen LogP contribution in [0.1, 0.15) is 65.9 Å². The standard InChI is InChI=1S/C23H26O3S/c1-4-17(13-16-10-8-15(3)9-11-16)20-14-19(24)22(23(25)26-20)18(5-2)21-7-6-12-27-21/h6-12,14,17-18,24H,4-5,13H2,1-3H3. The molecule has 2 heterocycles. The fourth-order valence-corrected chi connectivity index (χ4v) is 4.44. The third-order valence-corrected chi connectivity index (χ3v) is 6.11. The van der Waals surface area contributed by atoms with E-state index in [1.54, 1.807) is 17.4 Å². The molecule has 0 saturated heterocycles. The zero-order valence-corrected chi connectivity index (χ0v) is 16.9. The van der Waals surface area contributed by atoms with Crippen LogP contribution in [-0.4, -0.2) is 5.11 Å². The molecular formula is C23H26O3S. The summed E-state index contributed by atoms with van der Waals surface area (Å²) in [5.74, 6) is 0.531. The summed E-state index contributed by atoms with van der Waals surface area (Å²) in [5.41, 5.74) is 2.37. The Morgan fingerprint density at radius 2 is 1.85 bits per heavy atom. The van der Waals surface area contributed by atoms with E-state index in [4.69, 9.17) is 4.42 Å². The summed E-state index contributed by atoms with van der Waals surface area (Å²) in [6.07, 6.45) is 2.34. The molecule has 3 nitrogen and oxygen atoms in total. The Kier molecular flexibility index (Phi) is 6.17. The largest absolute Gasteiger partial charge is 0.507 e. The zero-order chi connectivity index (χ0) is 19.4. The summed E-state index contributed by atoms with van der Waals surface area (Å²) < 4.78 is 5.71. The molecule has 2 unspecified atom stereocenters. The number of aromatic hydroxyl groups is 1. The van der Waals surface area contributed by atoms with Crippen molar-refractivity contribution in [3.63, 3.8) is 0 Å². The lowest BCUT2D eigenvalue weighted by atomic mass is 9.91. The van der Waals surface area contributed by atoms with Crippen LogP contribution in [0.25, 0.3) is 0 Å². The van der Waals surface area contributed by atoms with Crippen LogP contribution in [0, 0.1) is 6.92 Å². The number of aryl methyl sites for hydroxylation is 1. The maximum atomic E-state index is 12.8. The molecule has 1 N–H and O–H groups in total. The minimum absolute atomic E-state index is 0.0452. The molecule has 1 aromatic carbocycles. The summed E-state index contributed by atoms with van der Waals surface area (Å²) >= 11 is 1.59. The summed E-state index contributed by atoms with van der Waals surface area (Å²) in [7, 11) is 0. The highest BCUT2D eigenvalue weighted by Gasteiger charge is 2.24. The summed E-state index contributed by atoms with van der Waals surface area (Å²) in [6, 6.07) is 14.0. The van der Waals surface area contributed by atoms with Gasteiger partial charge in [-0.3, -0.25) is 0 Å². The van der Waals surface area contributed by atoms with Gasteiger partial charge in [0.25, 0.3) is 0 Å². The smallest absolute Gasteiger partial charge is 0.343 e. The highest BCUT2D eigenvalue weighted by Crippen LogP contribution is 2.36. The van der Waals surface area contributed by atoms with Gasteiger partial charge in [-0.05, 0) is 43.2 Å². The number of thiophene rings is 1. The van der Waals surface area contributed by atoms with Gasteiger partial charge in [0.15, 0.2) is 0 Å². The van der Waals surface area contributed by atoms with Crippen LogP contribution in [0.5, 0.6) is 5.75 Å². The first-order valence-corrected chi connectivity index (χ1v) is 10.4. The van der Waals surface area contributed by atoms with E-state index in [-0.39, 0.29) is 17.6 Å². The maximum Gasteiger partial charge on any atom is 0.343 e. The lowest BCUT2D eigenvalue weighted by molar-refractivity contribution is 0.381. The normalized spacial score (nSPS) is 13.4. The third-order valence-electron chi connectivity index (χ3n) is 5.13. The van der Waals surface area contributed by atoms with Gasteiger partial charge in [-0.2, -0.15) is 0 Å². The monoisotopic (exact) mass is 382 g/mol. The van der Waals surface area contributed by atoms with Crippen LogP contribution in [-0.2, 0) is 6.42 Å². The van der Waals surface area contributed by atoms with E-state index < -0.39 is 5.63 Å². The average Bonchev–Trinajstić information content (AvgIpc) is 3.18. The third kappa shape index (κ3) is 4.33. The fraction of sp³-hybridized carbons (Fsp3) is 0.348. The van der Waals surface area contributed by atoms with Crippen molar-refractivity contribution < 1.29 is 9.52 Å². The van der Waals surface area contributed by atoms with E-state index in [9.17, 15) is 9.90 Å². The van der Waals surface area contributed by atoms with Gasteiger partial charge in [0.1, 0.15) is 11.5 Å². The Labute approximate surface area is 164 Å². The second kappa shape index (κ2) is 8.57. The summed E-state index contributed by atoms with van der Waals surface area (Å²) in [4.78, 5) is 13.8. The van der Waals surface area contributed by atoms with E-state index in [1.807, 2.05) is 24.4 Å². The van der Waals surface area contributed by atoms with E-state index in [0.29, 0.717) is 11.3 Å². The van der Waals surface area contributed by atoms with E-state index in [0.717, 1.165) is 24.1 Å². The fourth-order valence-electron chi connectivity index (χ4n) is 3.52. The molecule has 4 heteroatoms. The minimum atomic E-state index is -0.424. The molecule has 0 aliphatic carbocycles. The molecule has 0 fully saturated rings. The topological polar surface area (TPSA) is 50.4 Å². The van der Waals surface area contributed by atoms with Gasteiger partial charge in [0, 0.05) is 22.8 Å². The zero-order valence-electron chi connectivity index (χ0n) is 16.1. The number of hydrogen-bond acceptors (Lipinski definition) is 4. The predicted octanol–water partition coefficient (Wildman–Crippen LogP) is 5.99. The van der Waals surface area contributed by atoms with Crippen molar-refractivity contribution >= 4 is 11.3 Å². The number of rotatable bonds is 7. The van der Waals surface area contributed by atoms with E-state index >= 15 is 0 Å². The molecule has 0 spiro atoms. The molecule has 0 amide bonds. The molecule has 3 aromatic rings. The Morgan fingerprint density at radius 1 is 1.11 bits per heavy atom. The van der Waals surface area contributed by atoms with Crippen molar-refractivity contribution in [3.05, 3.63) is 85.6 Å². The lowest BCUT2D eigenvalue weighted by Crippen LogP contribution is -2.15. The van der Waals surface area contributed by atoms with Crippen molar-refractivity contribution in [2.75, 3.05) is 0 Å². The summed E-state index contributed by atoms with van der Waals surface area (Å²) in [6.45, 7) is 6.16. The van der Waals surface area contributed by atoms with E-state index in [2.05, 4.69) is 38.1 Å². The van der Waals surface area contributed by atoms with Gasteiger partial charge in [-0.25, -0.2) is 4.79 Å². The van der Waals surface area contributed by atoms with Gasteiger partial charge in [-0.1, -0.05) is 49.7 Å². The van der Waals surface area contributed by atoms with Crippen molar-refractivity contribution in [1.82, 2.24) is 0 Å². The molecule has 0 aliphatic heterocycles. The Hall–Kier alpha value is -2.33. The molecule has 0 bridgehead atoms. The van der Waals surface area contributed by atoms with Gasteiger partial charge in [-0.15, -0.1) is 11.3 Å². The molecule has 0 aliphatic rings. The second-order valence-electron chi connectivity index (χ2n) is 7.01. The van der Waals surface area contributed by atoms with Crippen LogP contribution < -0.4 is 5.63 Å². The van der Waals surface area contributed by atoms with Crippen LogP contribution in [0.15, 0.2) is 57.1 Å². The molecular weight excluding hydrogens is 356 g/mol. The lowest BCUT2D eigenvalue weighted by Gasteiger charge is -2.18. The number of hydrogen-bond donors (Lipinski definition) is 1.